The maximum absolute atomic E-state index is 6.07. The number of hydrogen-bond acceptors (Lipinski definition) is 2. The van der Waals surface area contributed by atoms with Crippen LogP contribution in [-0.2, 0) is 0 Å². The van der Waals surface area contributed by atoms with Crippen LogP contribution in [0.25, 0.3) is 0 Å². The van der Waals surface area contributed by atoms with Crippen LogP contribution in [0, 0.1) is 0 Å². The quantitative estimate of drug-likeness (QED) is 0.841. The van der Waals surface area contributed by atoms with Crippen molar-refractivity contribution in [2.75, 3.05) is 5.32 Å². The summed E-state index contributed by atoms with van der Waals surface area (Å²) >= 11 is 15.3. The average Bonchev–Trinajstić information content (AvgIpc) is 2.09. The Morgan fingerprint density at radius 3 is 2.60 bits per heavy atom. The Kier molecular flexibility index (Phi) is 4.27. The highest BCUT2D eigenvalue weighted by molar-refractivity contribution is 9.10. The van der Waals surface area contributed by atoms with Crippen molar-refractivity contribution >= 4 is 44.9 Å². The molecule has 0 aliphatic rings. The summed E-state index contributed by atoms with van der Waals surface area (Å²) in [5, 5.41) is 3.85. The number of hydrogen-bond donors (Lipinski definition) is 1. The van der Waals surface area contributed by atoms with E-state index in [1.807, 2.05) is 20.8 Å². The molecule has 0 bridgehead atoms. The maximum atomic E-state index is 6.07. The van der Waals surface area contributed by atoms with Gasteiger partial charge in [-0.3, -0.25) is 0 Å². The molecule has 0 aliphatic heterocycles. The zero-order valence-electron chi connectivity index (χ0n) is 8.81. The Hall–Kier alpha value is 0.01000. The van der Waals surface area contributed by atoms with Gasteiger partial charge in [0.15, 0.2) is 0 Å². The van der Waals surface area contributed by atoms with Crippen LogP contribution >= 0.6 is 39.1 Å². The molecule has 1 N–H and O–H groups in total. The van der Waals surface area contributed by atoms with Gasteiger partial charge in [0, 0.05) is 11.7 Å². The predicted molar refractivity (Wildman–Crippen MR) is 70.0 cm³/mol. The van der Waals surface area contributed by atoms with E-state index in [9.17, 15) is 0 Å². The summed E-state index contributed by atoms with van der Waals surface area (Å²) in [7, 11) is 0. The summed E-state index contributed by atoms with van der Waals surface area (Å²) in [6.45, 7) is 5.99. The molecule has 0 fully saturated rings. The molecule has 1 aromatic heterocycles. The van der Waals surface area contributed by atoms with Crippen LogP contribution < -0.4 is 5.32 Å². The van der Waals surface area contributed by atoms with Crippen molar-refractivity contribution in [2.45, 2.75) is 31.7 Å². The van der Waals surface area contributed by atoms with Crippen molar-refractivity contribution in [2.24, 2.45) is 0 Å². The van der Waals surface area contributed by atoms with Gasteiger partial charge in [-0.1, -0.05) is 11.6 Å². The number of aromatic nitrogens is 1. The molecular formula is C10H13BrCl2N2. The summed E-state index contributed by atoms with van der Waals surface area (Å²) in [5.74, 6) is 0.747. The second-order valence-electron chi connectivity index (χ2n) is 3.95. The van der Waals surface area contributed by atoms with Crippen molar-refractivity contribution < 1.29 is 0 Å². The van der Waals surface area contributed by atoms with E-state index in [0.717, 1.165) is 10.3 Å². The van der Waals surface area contributed by atoms with Crippen molar-refractivity contribution in [3.8, 4) is 0 Å². The number of pyridine rings is 1. The lowest BCUT2D eigenvalue weighted by Gasteiger charge is -2.30. The Bertz CT molecular complexity index is 353. The van der Waals surface area contributed by atoms with Gasteiger partial charge >= 0.3 is 0 Å². The molecule has 1 unspecified atom stereocenters. The normalized spacial score (nSPS) is 13.7. The third-order valence-corrected chi connectivity index (χ3v) is 3.60. The van der Waals surface area contributed by atoms with Crippen LogP contribution in [0.2, 0.25) is 5.02 Å². The molecule has 15 heavy (non-hydrogen) atoms. The predicted octanol–water partition coefficient (Wildman–Crippen LogP) is 4.32. The molecule has 0 amide bonds. The Morgan fingerprint density at radius 2 is 2.13 bits per heavy atom. The van der Waals surface area contributed by atoms with E-state index >= 15 is 0 Å². The first-order valence-electron chi connectivity index (χ1n) is 4.56. The Morgan fingerprint density at radius 1 is 1.53 bits per heavy atom. The van der Waals surface area contributed by atoms with E-state index in [2.05, 4.69) is 26.2 Å². The number of nitrogens with zero attached hydrogens (tertiary/aromatic N) is 1. The van der Waals surface area contributed by atoms with E-state index in [1.165, 1.54) is 0 Å². The summed E-state index contributed by atoms with van der Waals surface area (Å²) in [4.78, 5) is 4.20. The van der Waals surface area contributed by atoms with E-state index in [-0.39, 0.29) is 10.9 Å². The van der Waals surface area contributed by atoms with Crippen LogP contribution in [-0.4, -0.2) is 15.9 Å². The summed E-state index contributed by atoms with van der Waals surface area (Å²) in [5.41, 5.74) is -0.231. The van der Waals surface area contributed by atoms with Gasteiger partial charge in [-0.25, -0.2) is 4.98 Å². The fourth-order valence-corrected chi connectivity index (χ4v) is 1.70. The third kappa shape index (κ3) is 3.51. The monoisotopic (exact) mass is 310 g/mol. The second kappa shape index (κ2) is 4.89. The van der Waals surface area contributed by atoms with Gasteiger partial charge < -0.3 is 5.32 Å². The van der Waals surface area contributed by atoms with Crippen molar-refractivity contribution in [3.05, 3.63) is 21.8 Å². The van der Waals surface area contributed by atoms with Gasteiger partial charge in [0.25, 0.3) is 0 Å². The Labute approximate surface area is 108 Å². The molecule has 0 saturated heterocycles. The molecular weight excluding hydrogens is 299 g/mol. The van der Waals surface area contributed by atoms with Gasteiger partial charge in [0.05, 0.1) is 14.9 Å². The summed E-state index contributed by atoms with van der Waals surface area (Å²) in [6, 6.07) is 1.80. The van der Waals surface area contributed by atoms with Gasteiger partial charge in [0.2, 0.25) is 0 Å². The number of halogens is 3. The van der Waals surface area contributed by atoms with Crippen LogP contribution in [0.4, 0.5) is 5.82 Å². The zero-order chi connectivity index (χ0) is 11.6. The van der Waals surface area contributed by atoms with Crippen LogP contribution in [0.1, 0.15) is 20.8 Å². The van der Waals surface area contributed by atoms with Gasteiger partial charge in [-0.15, -0.1) is 11.6 Å². The van der Waals surface area contributed by atoms with Crippen LogP contribution in [0.3, 0.4) is 0 Å². The minimum atomic E-state index is -0.231. The maximum Gasteiger partial charge on any atom is 0.140 e. The van der Waals surface area contributed by atoms with Gasteiger partial charge in [0.1, 0.15) is 5.82 Å². The molecule has 0 spiro atoms. The number of alkyl halides is 1. The lowest BCUT2D eigenvalue weighted by molar-refractivity contribution is 0.552. The highest BCUT2D eigenvalue weighted by atomic mass is 79.9. The lowest BCUT2D eigenvalue weighted by atomic mass is 10.0. The minimum Gasteiger partial charge on any atom is -0.363 e. The van der Waals surface area contributed by atoms with Crippen molar-refractivity contribution in [1.29, 1.82) is 0 Å². The lowest BCUT2D eigenvalue weighted by Crippen LogP contribution is -2.39. The zero-order valence-corrected chi connectivity index (χ0v) is 11.9. The molecule has 0 saturated carbocycles. The third-order valence-electron chi connectivity index (χ3n) is 2.24. The van der Waals surface area contributed by atoms with E-state index < -0.39 is 0 Å². The van der Waals surface area contributed by atoms with Crippen LogP contribution in [0.15, 0.2) is 16.7 Å². The standard InChI is InChI=1S/C10H13BrCl2N2/c1-6(12)10(2,3)15-9-8(11)4-7(13)5-14-9/h4-6H,1-3H3,(H,14,15). The smallest absolute Gasteiger partial charge is 0.140 e. The first-order chi connectivity index (χ1) is 6.83. The molecule has 0 aliphatic carbocycles. The molecule has 2 nitrogen and oxygen atoms in total. The molecule has 0 aromatic carbocycles. The van der Waals surface area contributed by atoms with E-state index in [4.69, 9.17) is 23.2 Å². The molecule has 1 aromatic rings. The molecule has 1 atom stereocenters. The van der Waals surface area contributed by atoms with Gasteiger partial charge in [-0.2, -0.15) is 0 Å². The fraction of sp³-hybridized carbons (Fsp3) is 0.500. The highest BCUT2D eigenvalue weighted by Crippen LogP contribution is 2.27. The summed E-state index contributed by atoms with van der Waals surface area (Å²) in [6.07, 6.45) is 1.60. The second-order valence-corrected chi connectivity index (χ2v) is 5.89. The average molecular weight is 312 g/mol. The SMILES string of the molecule is CC(Cl)C(C)(C)Nc1ncc(Cl)cc1Br. The number of rotatable bonds is 3. The highest BCUT2D eigenvalue weighted by Gasteiger charge is 2.24. The largest absolute Gasteiger partial charge is 0.363 e. The molecule has 5 heteroatoms. The molecule has 0 radical (unpaired) electrons. The van der Waals surface area contributed by atoms with Gasteiger partial charge in [-0.05, 0) is 42.8 Å². The van der Waals surface area contributed by atoms with Crippen molar-refractivity contribution in [3.63, 3.8) is 0 Å². The molecule has 1 heterocycles. The van der Waals surface area contributed by atoms with Crippen LogP contribution in [0.5, 0.6) is 0 Å². The first kappa shape index (κ1) is 13.1. The topological polar surface area (TPSA) is 24.9 Å². The minimum absolute atomic E-state index is 0.0121. The Balaban J connectivity index is 2.90. The number of nitrogens with one attached hydrogen (secondary N) is 1. The number of anilines is 1. The summed E-state index contributed by atoms with van der Waals surface area (Å²) < 4.78 is 0.834. The van der Waals surface area contributed by atoms with E-state index in [1.54, 1.807) is 12.3 Å². The molecule has 84 valence electrons. The van der Waals surface area contributed by atoms with E-state index in [0.29, 0.717) is 5.02 Å². The fourth-order valence-electron chi connectivity index (χ4n) is 0.911. The molecule has 1 rings (SSSR count). The first-order valence-corrected chi connectivity index (χ1v) is 6.17. The van der Waals surface area contributed by atoms with Crippen molar-refractivity contribution in [1.82, 2.24) is 4.98 Å².